The monoisotopic (exact) mass is 198 g/mol. The number of nitrogens with zero attached hydrogens (tertiary/aromatic N) is 2. The van der Waals surface area contributed by atoms with Gasteiger partial charge in [0.05, 0.1) is 6.54 Å². The first-order chi connectivity index (χ1) is 6.69. The molecule has 1 rings (SSSR count). The van der Waals surface area contributed by atoms with Crippen LogP contribution in [0.3, 0.4) is 0 Å². The lowest BCUT2D eigenvalue weighted by Gasteiger charge is -2.37. The third-order valence-electron chi connectivity index (χ3n) is 3.10. The Labute approximate surface area is 87.1 Å². The Morgan fingerprint density at radius 2 is 2.07 bits per heavy atom. The van der Waals surface area contributed by atoms with Crippen LogP contribution in [0.15, 0.2) is 0 Å². The number of likely N-dealkylation sites (N-methyl/N-ethyl adjacent to an activating group) is 1. The molecule has 0 saturated carbocycles. The fourth-order valence-electron chi connectivity index (χ4n) is 2.07. The highest BCUT2D eigenvalue weighted by Crippen LogP contribution is 2.13. The van der Waals surface area contributed by atoms with E-state index in [2.05, 4.69) is 18.7 Å². The molecule has 3 heteroatoms. The van der Waals surface area contributed by atoms with Crippen molar-refractivity contribution in [1.29, 1.82) is 0 Å². The third kappa shape index (κ3) is 2.71. The van der Waals surface area contributed by atoms with Gasteiger partial charge in [-0.15, -0.1) is 0 Å². The topological polar surface area (TPSA) is 23.6 Å². The summed E-state index contributed by atoms with van der Waals surface area (Å²) < 4.78 is 0. The Morgan fingerprint density at radius 3 is 2.57 bits per heavy atom. The zero-order valence-electron chi connectivity index (χ0n) is 9.62. The van der Waals surface area contributed by atoms with Crippen molar-refractivity contribution in [2.45, 2.75) is 39.2 Å². The second-order valence-electron chi connectivity index (χ2n) is 4.14. The van der Waals surface area contributed by atoms with Crippen LogP contribution in [0.4, 0.5) is 0 Å². The van der Waals surface area contributed by atoms with Gasteiger partial charge < -0.3 is 4.90 Å². The predicted octanol–water partition coefficient (Wildman–Crippen LogP) is 1.34. The summed E-state index contributed by atoms with van der Waals surface area (Å²) in [6.45, 7) is 6.97. The van der Waals surface area contributed by atoms with Gasteiger partial charge in [-0.25, -0.2) is 0 Å². The molecule has 1 heterocycles. The lowest BCUT2D eigenvalue weighted by Crippen LogP contribution is -2.52. The molecule has 0 spiro atoms. The highest BCUT2D eigenvalue weighted by Gasteiger charge is 2.25. The van der Waals surface area contributed by atoms with Gasteiger partial charge >= 0.3 is 0 Å². The van der Waals surface area contributed by atoms with Gasteiger partial charge in [0.2, 0.25) is 5.91 Å². The van der Waals surface area contributed by atoms with E-state index in [9.17, 15) is 4.79 Å². The van der Waals surface area contributed by atoms with Crippen molar-refractivity contribution in [3.05, 3.63) is 0 Å². The second kappa shape index (κ2) is 5.35. The van der Waals surface area contributed by atoms with Crippen LogP contribution in [-0.2, 0) is 4.79 Å². The first-order valence-corrected chi connectivity index (χ1v) is 5.67. The predicted molar refractivity (Wildman–Crippen MR) is 58.2 cm³/mol. The smallest absolute Gasteiger partial charge is 0.236 e. The molecule has 0 N–H and O–H groups in total. The standard InChI is InChI=1S/C11H22N2O/c1-4-6-10(5-2)13-8-7-12(3)11(14)9-13/h10H,4-9H2,1-3H3. The van der Waals surface area contributed by atoms with Gasteiger partial charge in [0.25, 0.3) is 0 Å². The van der Waals surface area contributed by atoms with Gasteiger partial charge in [0.1, 0.15) is 0 Å². The van der Waals surface area contributed by atoms with Crippen LogP contribution >= 0.6 is 0 Å². The molecule has 1 amide bonds. The molecule has 0 aromatic carbocycles. The molecular weight excluding hydrogens is 176 g/mol. The average Bonchev–Trinajstić information content (AvgIpc) is 2.19. The van der Waals surface area contributed by atoms with Gasteiger partial charge in [-0.3, -0.25) is 9.69 Å². The van der Waals surface area contributed by atoms with Crippen molar-refractivity contribution in [3.63, 3.8) is 0 Å². The molecule has 1 fully saturated rings. The molecule has 1 aliphatic heterocycles. The number of amides is 1. The highest BCUT2D eigenvalue weighted by atomic mass is 16.2. The summed E-state index contributed by atoms with van der Waals surface area (Å²) in [4.78, 5) is 15.7. The van der Waals surface area contributed by atoms with Crippen LogP contribution in [0.2, 0.25) is 0 Å². The van der Waals surface area contributed by atoms with Crippen LogP contribution in [0.5, 0.6) is 0 Å². The van der Waals surface area contributed by atoms with E-state index in [-0.39, 0.29) is 5.91 Å². The van der Waals surface area contributed by atoms with Crippen LogP contribution in [0.1, 0.15) is 33.1 Å². The van der Waals surface area contributed by atoms with Gasteiger partial charge in [0.15, 0.2) is 0 Å². The maximum Gasteiger partial charge on any atom is 0.236 e. The summed E-state index contributed by atoms with van der Waals surface area (Å²) in [5, 5.41) is 0. The van der Waals surface area contributed by atoms with Gasteiger partial charge in [-0.05, 0) is 12.8 Å². The van der Waals surface area contributed by atoms with Gasteiger partial charge in [0, 0.05) is 26.2 Å². The van der Waals surface area contributed by atoms with Crippen LogP contribution in [-0.4, -0.2) is 48.4 Å². The van der Waals surface area contributed by atoms with E-state index in [1.165, 1.54) is 12.8 Å². The van der Waals surface area contributed by atoms with E-state index in [4.69, 9.17) is 0 Å². The molecule has 1 atom stereocenters. The third-order valence-corrected chi connectivity index (χ3v) is 3.10. The number of rotatable bonds is 4. The van der Waals surface area contributed by atoms with Crippen molar-refractivity contribution >= 4 is 5.91 Å². The van der Waals surface area contributed by atoms with Crippen molar-refractivity contribution < 1.29 is 4.79 Å². The van der Waals surface area contributed by atoms with E-state index in [1.807, 2.05) is 11.9 Å². The molecule has 14 heavy (non-hydrogen) atoms. The van der Waals surface area contributed by atoms with E-state index in [1.54, 1.807) is 0 Å². The fourth-order valence-corrected chi connectivity index (χ4v) is 2.07. The molecule has 3 nitrogen and oxygen atoms in total. The lowest BCUT2D eigenvalue weighted by atomic mass is 10.1. The highest BCUT2D eigenvalue weighted by molar-refractivity contribution is 5.78. The quantitative estimate of drug-likeness (QED) is 0.680. The Balaban J connectivity index is 2.47. The lowest BCUT2D eigenvalue weighted by molar-refractivity contribution is -0.135. The van der Waals surface area contributed by atoms with Crippen LogP contribution in [0.25, 0.3) is 0 Å². The summed E-state index contributed by atoms with van der Waals surface area (Å²) in [7, 11) is 1.89. The fraction of sp³-hybridized carbons (Fsp3) is 0.909. The van der Waals surface area contributed by atoms with Crippen LogP contribution < -0.4 is 0 Å². The molecule has 82 valence electrons. The molecule has 0 radical (unpaired) electrons. The summed E-state index contributed by atoms with van der Waals surface area (Å²) in [5.41, 5.74) is 0. The van der Waals surface area contributed by atoms with Crippen molar-refractivity contribution in [2.75, 3.05) is 26.7 Å². The Morgan fingerprint density at radius 1 is 1.36 bits per heavy atom. The molecule has 1 unspecified atom stereocenters. The Bertz CT molecular complexity index is 194. The van der Waals surface area contributed by atoms with E-state index < -0.39 is 0 Å². The maximum absolute atomic E-state index is 11.5. The minimum absolute atomic E-state index is 0.269. The zero-order valence-corrected chi connectivity index (χ0v) is 9.62. The Kier molecular flexibility index (Phi) is 4.39. The molecular formula is C11H22N2O. The number of hydrogen-bond acceptors (Lipinski definition) is 2. The molecule has 0 bridgehead atoms. The minimum Gasteiger partial charge on any atom is -0.343 e. The van der Waals surface area contributed by atoms with Crippen LogP contribution in [0, 0.1) is 0 Å². The first kappa shape index (κ1) is 11.5. The van der Waals surface area contributed by atoms with Crippen molar-refractivity contribution in [3.8, 4) is 0 Å². The SMILES string of the molecule is CCCC(CC)N1CCN(C)C(=O)C1. The van der Waals surface area contributed by atoms with E-state index in [0.29, 0.717) is 12.6 Å². The first-order valence-electron chi connectivity index (χ1n) is 5.67. The zero-order chi connectivity index (χ0) is 10.6. The summed E-state index contributed by atoms with van der Waals surface area (Å²) in [6.07, 6.45) is 3.58. The maximum atomic E-state index is 11.5. The summed E-state index contributed by atoms with van der Waals surface area (Å²) in [5.74, 6) is 0.269. The van der Waals surface area contributed by atoms with Crippen molar-refractivity contribution in [2.24, 2.45) is 0 Å². The van der Waals surface area contributed by atoms with E-state index in [0.717, 1.165) is 19.5 Å². The number of hydrogen-bond donors (Lipinski definition) is 0. The van der Waals surface area contributed by atoms with E-state index >= 15 is 0 Å². The Hall–Kier alpha value is -0.570. The normalized spacial score (nSPS) is 21.4. The van der Waals surface area contributed by atoms with Crippen molar-refractivity contribution in [1.82, 2.24) is 9.80 Å². The second-order valence-corrected chi connectivity index (χ2v) is 4.14. The average molecular weight is 198 g/mol. The minimum atomic E-state index is 0.269. The number of carbonyl (C=O) groups excluding carboxylic acids is 1. The van der Waals surface area contributed by atoms with Gasteiger partial charge in [-0.2, -0.15) is 0 Å². The number of carbonyl (C=O) groups is 1. The molecule has 1 aliphatic rings. The number of piperazine rings is 1. The molecule has 1 saturated heterocycles. The molecule has 0 aromatic rings. The summed E-state index contributed by atoms with van der Waals surface area (Å²) in [6, 6.07) is 0.609. The molecule has 0 aromatic heterocycles. The van der Waals surface area contributed by atoms with Gasteiger partial charge in [-0.1, -0.05) is 20.3 Å². The summed E-state index contributed by atoms with van der Waals surface area (Å²) >= 11 is 0. The largest absolute Gasteiger partial charge is 0.343 e. The molecule has 0 aliphatic carbocycles.